The molecule has 0 saturated heterocycles. The second-order valence-corrected chi connectivity index (χ2v) is 5.08. The van der Waals surface area contributed by atoms with E-state index in [1.165, 1.54) is 24.8 Å². The molecule has 0 aliphatic rings. The van der Waals surface area contributed by atoms with Crippen molar-refractivity contribution < 1.29 is 0 Å². The standard InChI is InChI=1S/C17H24N4/c1-2-3-7-11-18-16-13-17(21-14-20-16)19-12-10-15-8-5-4-6-9-15/h4-6,8-9,13-14H,2-3,7,10-12H2,1H3,(H2,18,19,20,21). The topological polar surface area (TPSA) is 49.8 Å². The van der Waals surface area contributed by atoms with Crippen LogP contribution >= 0.6 is 0 Å². The first-order valence-corrected chi connectivity index (χ1v) is 7.72. The van der Waals surface area contributed by atoms with Gasteiger partial charge in [0.15, 0.2) is 0 Å². The molecule has 0 bridgehead atoms. The van der Waals surface area contributed by atoms with Crippen LogP contribution < -0.4 is 10.6 Å². The van der Waals surface area contributed by atoms with Crippen LogP contribution in [0.1, 0.15) is 31.7 Å². The second kappa shape index (κ2) is 8.95. The smallest absolute Gasteiger partial charge is 0.131 e. The van der Waals surface area contributed by atoms with Gasteiger partial charge in [0.25, 0.3) is 0 Å². The average molecular weight is 284 g/mol. The summed E-state index contributed by atoms with van der Waals surface area (Å²) in [5, 5.41) is 6.68. The van der Waals surface area contributed by atoms with Crippen LogP contribution in [0.5, 0.6) is 0 Å². The first-order chi connectivity index (χ1) is 10.4. The number of benzene rings is 1. The molecule has 112 valence electrons. The number of unbranched alkanes of at least 4 members (excludes halogenated alkanes) is 2. The van der Waals surface area contributed by atoms with Crippen molar-refractivity contribution in [1.82, 2.24) is 9.97 Å². The monoisotopic (exact) mass is 284 g/mol. The highest BCUT2D eigenvalue weighted by atomic mass is 15.1. The summed E-state index contributed by atoms with van der Waals surface area (Å²) in [4.78, 5) is 8.49. The third-order valence-electron chi connectivity index (χ3n) is 3.32. The zero-order valence-electron chi connectivity index (χ0n) is 12.7. The van der Waals surface area contributed by atoms with Crippen LogP contribution in [0, 0.1) is 0 Å². The molecule has 1 aromatic heterocycles. The lowest BCUT2D eigenvalue weighted by atomic mass is 10.1. The SMILES string of the molecule is CCCCCNc1cc(NCCc2ccccc2)ncn1. The van der Waals surface area contributed by atoms with E-state index in [0.29, 0.717) is 0 Å². The van der Waals surface area contributed by atoms with Crippen molar-refractivity contribution in [3.63, 3.8) is 0 Å². The Labute approximate surface area is 127 Å². The third kappa shape index (κ3) is 5.81. The molecule has 0 amide bonds. The fourth-order valence-corrected chi connectivity index (χ4v) is 2.12. The summed E-state index contributed by atoms with van der Waals surface area (Å²) in [5.74, 6) is 1.77. The highest BCUT2D eigenvalue weighted by Crippen LogP contribution is 2.09. The summed E-state index contributed by atoms with van der Waals surface area (Å²) in [7, 11) is 0. The normalized spacial score (nSPS) is 10.3. The Kier molecular flexibility index (Phi) is 6.52. The van der Waals surface area contributed by atoms with Crippen LogP contribution in [-0.4, -0.2) is 23.1 Å². The zero-order valence-corrected chi connectivity index (χ0v) is 12.7. The number of anilines is 2. The van der Waals surface area contributed by atoms with Crippen LogP contribution in [-0.2, 0) is 6.42 Å². The quantitative estimate of drug-likeness (QED) is 0.689. The Bertz CT molecular complexity index is 513. The van der Waals surface area contributed by atoms with E-state index in [1.807, 2.05) is 12.1 Å². The minimum absolute atomic E-state index is 0.871. The van der Waals surface area contributed by atoms with Crippen LogP contribution in [0.15, 0.2) is 42.7 Å². The van der Waals surface area contributed by atoms with Crippen molar-refractivity contribution in [3.8, 4) is 0 Å². The molecule has 1 aromatic carbocycles. The molecule has 0 fully saturated rings. The Hall–Kier alpha value is -2.10. The molecule has 0 unspecified atom stereocenters. The van der Waals surface area contributed by atoms with Gasteiger partial charge in [-0.1, -0.05) is 50.1 Å². The van der Waals surface area contributed by atoms with E-state index in [4.69, 9.17) is 0 Å². The van der Waals surface area contributed by atoms with E-state index in [1.54, 1.807) is 6.33 Å². The molecule has 0 radical (unpaired) electrons. The molecule has 2 N–H and O–H groups in total. The zero-order chi connectivity index (χ0) is 14.8. The predicted molar refractivity (Wildman–Crippen MR) is 88.7 cm³/mol. The number of nitrogens with zero attached hydrogens (tertiary/aromatic N) is 2. The number of nitrogens with one attached hydrogen (secondary N) is 2. The number of aromatic nitrogens is 2. The van der Waals surface area contributed by atoms with E-state index in [-0.39, 0.29) is 0 Å². The van der Waals surface area contributed by atoms with Gasteiger partial charge in [0, 0.05) is 19.2 Å². The molecule has 0 atom stereocenters. The van der Waals surface area contributed by atoms with E-state index in [2.05, 4.69) is 51.8 Å². The van der Waals surface area contributed by atoms with Crippen LogP contribution in [0.2, 0.25) is 0 Å². The van der Waals surface area contributed by atoms with E-state index in [9.17, 15) is 0 Å². The van der Waals surface area contributed by atoms with Crippen LogP contribution in [0.3, 0.4) is 0 Å². The van der Waals surface area contributed by atoms with Gasteiger partial charge in [0.05, 0.1) is 0 Å². The molecule has 2 rings (SSSR count). The van der Waals surface area contributed by atoms with Gasteiger partial charge in [-0.3, -0.25) is 0 Å². The van der Waals surface area contributed by atoms with Gasteiger partial charge in [-0.25, -0.2) is 9.97 Å². The van der Waals surface area contributed by atoms with Crippen molar-refractivity contribution in [1.29, 1.82) is 0 Å². The molecule has 21 heavy (non-hydrogen) atoms. The molecular weight excluding hydrogens is 260 g/mol. The number of hydrogen-bond acceptors (Lipinski definition) is 4. The number of hydrogen-bond donors (Lipinski definition) is 2. The van der Waals surface area contributed by atoms with E-state index in [0.717, 1.165) is 31.1 Å². The minimum atomic E-state index is 0.871. The maximum atomic E-state index is 4.25. The van der Waals surface area contributed by atoms with Crippen molar-refractivity contribution >= 4 is 11.6 Å². The fourth-order valence-electron chi connectivity index (χ4n) is 2.12. The van der Waals surface area contributed by atoms with Gasteiger partial charge >= 0.3 is 0 Å². The highest BCUT2D eigenvalue weighted by Gasteiger charge is 1.98. The van der Waals surface area contributed by atoms with Crippen LogP contribution in [0.4, 0.5) is 11.6 Å². The van der Waals surface area contributed by atoms with Gasteiger partial charge < -0.3 is 10.6 Å². The summed E-state index contributed by atoms with van der Waals surface area (Å²) < 4.78 is 0. The maximum absolute atomic E-state index is 4.25. The Morgan fingerprint density at radius 2 is 1.62 bits per heavy atom. The minimum Gasteiger partial charge on any atom is -0.370 e. The van der Waals surface area contributed by atoms with E-state index < -0.39 is 0 Å². The largest absolute Gasteiger partial charge is 0.370 e. The molecular formula is C17H24N4. The molecule has 1 heterocycles. The highest BCUT2D eigenvalue weighted by molar-refractivity contribution is 5.46. The van der Waals surface area contributed by atoms with Crippen molar-refractivity contribution in [3.05, 3.63) is 48.3 Å². The van der Waals surface area contributed by atoms with Gasteiger partial charge in [0.1, 0.15) is 18.0 Å². The molecule has 0 saturated carbocycles. The fraction of sp³-hybridized carbons (Fsp3) is 0.412. The second-order valence-electron chi connectivity index (χ2n) is 5.08. The van der Waals surface area contributed by atoms with Crippen LogP contribution in [0.25, 0.3) is 0 Å². The molecule has 0 aliphatic heterocycles. The van der Waals surface area contributed by atoms with Gasteiger partial charge in [0.2, 0.25) is 0 Å². The Morgan fingerprint density at radius 3 is 2.33 bits per heavy atom. The third-order valence-corrected chi connectivity index (χ3v) is 3.32. The summed E-state index contributed by atoms with van der Waals surface area (Å²) >= 11 is 0. The summed E-state index contributed by atoms with van der Waals surface area (Å²) in [6.07, 6.45) is 6.26. The lowest BCUT2D eigenvalue weighted by molar-refractivity contribution is 0.742. The average Bonchev–Trinajstić information content (AvgIpc) is 2.53. The first kappa shape index (κ1) is 15.3. The maximum Gasteiger partial charge on any atom is 0.131 e. The lowest BCUT2D eigenvalue weighted by Gasteiger charge is -2.08. The molecule has 0 aliphatic carbocycles. The summed E-state index contributed by atoms with van der Waals surface area (Å²) in [6.45, 7) is 4.05. The van der Waals surface area contributed by atoms with Gasteiger partial charge in [-0.2, -0.15) is 0 Å². The Morgan fingerprint density at radius 1 is 0.905 bits per heavy atom. The summed E-state index contributed by atoms with van der Waals surface area (Å²) in [6, 6.07) is 12.4. The van der Waals surface area contributed by atoms with Gasteiger partial charge in [-0.05, 0) is 18.4 Å². The molecule has 0 spiro atoms. The molecule has 4 heteroatoms. The van der Waals surface area contributed by atoms with Crippen molar-refractivity contribution in [2.45, 2.75) is 32.6 Å². The predicted octanol–water partition coefficient (Wildman–Crippen LogP) is 3.73. The number of rotatable bonds is 9. The van der Waals surface area contributed by atoms with E-state index >= 15 is 0 Å². The first-order valence-electron chi connectivity index (χ1n) is 7.72. The molecule has 4 nitrogen and oxygen atoms in total. The lowest BCUT2D eigenvalue weighted by Crippen LogP contribution is -2.08. The van der Waals surface area contributed by atoms with Crippen molar-refractivity contribution in [2.24, 2.45) is 0 Å². The van der Waals surface area contributed by atoms with Gasteiger partial charge in [-0.15, -0.1) is 0 Å². The van der Waals surface area contributed by atoms with Crippen molar-refractivity contribution in [2.75, 3.05) is 23.7 Å². The summed E-state index contributed by atoms with van der Waals surface area (Å²) in [5.41, 5.74) is 1.33. The Balaban J connectivity index is 1.75. The molecule has 2 aromatic rings.